The summed E-state index contributed by atoms with van der Waals surface area (Å²) < 4.78 is 15.0. The number of carbonyl (C=O) groups is 2. The summed E-state index contributed by atoms with van der Waals surface area (Å²) in [5, 5.41) is 13.3. The average Bonchev–Trinajstić information content (AvgIpc) is 3.07. The van der Waals surface area contributed by atoms with Gasteiger partial charge in [-0.3, -0.25) is 9.59 Å². The van der Waals surface area contributed by atoms with Gasteiger partial charge in [0.2, 0.25) is 5.91 Å². The van der Waals surface area contributed by atoms with Crippen molar-refractivity contribution in [3.8, 4) is 0 Å². The molecule has 7 nitrogen and oxygen atoms in total. The summed E-state index contributed by atoms with van der Waals surface area (Å²) in [5.74, 6) is -1.44. The van der Waals surface area contributed by atoms with Gasteiger partial charge in [0.25, 0.3) is 5.91 Å². The molecule has 2 aromatic carbocycles. The van der Waals surface area contributed by atoms with Crippen LogP contribution in [0.25, 0.3) is 11.0 Å². The van der Waals surface area contributed by atoms with Gasteiger partial charge in [-0.25, -0.2) is 9.07 Å². The molecule has 0 saturated carbocycles. The number of fused-ring (bicyclic) bond motifs is 1. The highest BCUT2D eigenvalue weighted by molar-refractivity contribution is 6.31. The molecule has 1 atom stereocenters. The van der Waals surface area contributed by atoms with Gasteiger partial charge < -0.3 is 10.6 Å². The summed E-state index contributed by atoms with van der Waals surface area (Å²) in [5.41, 5.74) is 2.17. The van der Waals surface area contributed by atoms with Crippen LogP contribution in [0.5, 0.6) is 0 Å². The zero-order valence-electron chi connectivity index (χ0n) is 15.4. The molecule has 0 aliphatic rings. The molecule has 3 aromatic rings. The largest absolute Gasteiger partial charge is 0.341 e. The summed E-state index contributed by atoms with van der Waals surface area (Å²) in [6.07, 6.45) is 0.923. The Morgan fingerprint density at radius 2 is 2.04 bits per heavy atom. The lowest BCUT2D eigenvalue weighted by molar-refractivity contribution is -0.117. The van der Waals surface area contributed by atoms with Gasteiger partial charge in [-0.1, -0.05) is 23.7 Å². The zero-order chi connectivity index (χ0) is 20.3. The maximum Gasteiger partial charge on any atom is 0.251 e. The van der Waals surface area contributed by atoms with Gasteiger partial charge >= 0.3 is 0 Å². The van der Waals surface area contributed by atoms with E-state index in [1.165, 1.54) is 12.1 Å². The Labute approximate surface area is 165 Å². The highest BCUT2D eigenvalue weighted by Gasteiger charge is 2.18. The normalized spacial score (nSPS) is 12.0. The monoisotopic (exact) mass is 403 g/mol. The summed E-state index contributed by atoms with van der Waals surface area (Å²) >= 11 is 5.70. The number of carbonyl (C=O) groups excluding carboxylic acids is 2. The number of anilines is 1. The first-order valence-electron chi connectivity index (χ1n) is 8.79. The second-order valence-corrected chi connectivity index (χ2v) is 6.74. The SMILES string of the molecule is CCCn1nnc2cc(C(=O)NC(C)C(=O)Nc3ccc(F)c(Cl)c3)ccc21. The van der Waals surface area contributed by atoms with Crippen molar-refractivity contribution in [2.75, 3.05) is 5.32 Å². The van der Waals surface area contributed by atoms with E-state index in [-0.39, 0.29) is 5.02 Å². The molecule has 1 heterocycles. The number of hydrogen-bond acceptors (Lipinski definition) is 4. The Hall–Kier alpha value is -3.00. The molecule has 2 amide bonds. The first-order chi connectivity index (χ1) is 13.4. The molecular formula is C19H19ClFN5O2. The highest BCUT2D eigenvalue weighted by atomic mass is 35.5. The third-order valence-corrected chi connectivity index (χ3v) is 4.43. The van der Waals surface area contributed by atoms with E-state index in [1.807, 2.05) is 6.92 Å². The molecular weight excluding hydrogens is 385 g/mol. The van der Waals surface area contributed by atoms with E-state index in [1.54, 1.807) is 29.8 Å². The van der Waals surface area contributed by atoms with Crippen LogP contribution in [0, 0.1) is 5.82 Å². The van der Waals surface area contributed by atoms with Gasteiger partial charge in [0, 0.05) is 17.8 Å². The maximum atomic E-state index is 13.2. The predicted octanol–water partition coefficient (Wildman–Crippen LogP) is 3.39. The quantitative estimate of drug-likeness (QED) is 0.660. The fourth-order valence-electron chi connectivity index (χ4n) is 2.66. The number of nitrogens with zero attached hydrogens (tertiary/aromatic N) is 3. The molecule has 0 bridgehead atoms. The lowest BCUT2D eigenvalue weighted by Crippen LogP contribution is -2.41. The molecule has 0 saturated heterocycles. The highest BCUT2D eigenvalue weighted by Crippen LogP contribution is 2.19. The standard InChI is InChI=1S/C19H19ClFN5O2/c1-3-8-26-17-7-4-12(9-16(17)24-25-26)19(28)22-11(2)18(27)23-13-5-6-15(21)14(20)10-13/h4-7,9-11H,3,8H2,1-2H3,(H,22,28)(H,23,27). The predicted molar refractivity (Wildman–Crippen MR) is 105 cm³/mol. The zero-order valence-corrected chi connectivity index (χ0v) is 16.1. The van der Waals surface area contributed by atoms with E-state index < -0.39 is 23.7 Å². The maximum absolute atomic E-state index is 13.2. The minimum absolute atomic E-state index is 0.0982. The van der Waals surface area contributed by atoms with E-state index >= 15 is 0 Å². The van der Waals surface area contributed by atoms with E-state index in [4.69, 9.17) is 11.6 Å². The first kappa shape index (κ1) is 19.8. The first-order valence-corrected chi connectivity index (χ1v) is 9.17. The molecule has 0 aliphatic carbocycles. The van der Waals surface area contributed by atoms with Crippen molar-refractivity contribution < 1.29 is 14.0 Å². The van der Waals surface area contributed by atoms with Crippen LogP contribution >= 0.6 is 11.6 Å². The number of rotatable bonds is 6. The smallest absolute Gasteiger partial charge is 0.251 e. The van der Waals surface area contributed by atoms with Crippen molar-refractivity contribution in [3.05, 3.63) is 52.8 Å². The fraction of sp³-hybridized carbons (Fsp3) is 0.263. The molecule has 2 N–H and O–H groups in total. The third kappa shape index (κ3) is 4.28. The van der Waals surface area contributed by atoms with E-state index in [0.29, 0.717) is 16.8 Å². The van der Waals surface area contributed by atoms with Gasteiger partial charge in [-0.05, 0) is 49.7 Å². The van der Waals surface area contributed by atoms with E-state index in [9.17, 15) is 14.0 Å². The van der Waals surface area contributed by atoms with Crippen LogP contribution in [0.2, 0.25) is 5.02 Å². The lowest BCUT2D eigenvalue weighted by Gasteiger charge is -2.14. The van der Waals surface area contributed by atoms with Crippen molar-refractivity contribution in [1.29, 1.82) is 0 Å². The molecule has 9 heteroatoms. The van der Waals surface area contributed by atoms with Crippen LogP contribution < -0.4 is 10.6 Å². The third-order valence-electron chi connectivity index (χ3n) is 4.14. The number of hydrogen-bond donors (Lipinski definition) is 2. The molecule has 3 rings (SSSR count). The second kappa shape index (κ2) is 8.35. The molecule has 28 heavy (non-hydrogen) atoms. The van der Waals surface area contributed by atoms with E-state index in [0.717, 1.165) is 24.5 Å². The van der Waals surface area contributed by atoms with Crippen LogP contribution in [-0.2, 0) is 11.3 Å². The van der Waals surface area contributed by atoms with Gasteiger partial charge in [0.05, 0.1) is 10.5 Å². The molecule has 0 radical (unpaired) electrons. The molecule has 146 valence electrons. The minimum Gasteiger partial charge on any atom is -0.341 e. The Morgan fingerprint density at radius 3 is 2.75 bits per heavy atom. The number of nitrogens with one attached hydrogen (secondary N) is 2. The van der Waals surface area contributed by atoms with E-state index in [2.05, 4.69) is 20.9 Å². The lowest BCUT2D eigenvalue weighted by atomic mass is 10.1. The number of halogens is 2. The average molecular weight is 404 g/mol. The number of aryl methyl sites for hydroxylation is 1. The topological polar surface area (TPSA) is 88.9 Å². The number of benzene rings is 2. The summed E-state index contributed by atoms with van der Waals surface area (Å²) in [4.78, 5) is 24.7. The van der Waals surface area contributed by atoms with Gasteiger partial charge in [-0.15, -0.1) is 5.10 Å². The van der Waals surface area contributed by atoms with Crippen molar-refractivity contribution in [2.45, 2.75) is 32.9 Å². The van der Waals surface area contributed by atoms with Crippen molar-refractivity contribution in [1.82, 2.24) is 20.3 Å². The minimum atomic E-state index is -0.817. The van der Waals surface area contributed by atoms with Gasteiger partial charge in [0.15, 0.2) is 0 Å². The van der Waals surface area contributed by atoms with Crippen LogP contribution in [0.3, 0.4) is 0 Å². The van der Waals surface area contributed by atoms with Gasteiger partial charge in [-0.2, -0.15) is 0 Å². The van der Waals surface area contributed by atoms with Crippen molar-refractivity contribution in [2.24, 2.45) is 0 Å². The molecule has 1 unspecified atom stereocenters. The van der Waals surface area contributed by atoms with Crippen LogP contribution in [0.1, 0.15) is 30.6 Å². The van der Waals surface area contributed by atoms with Crippen LogP contribution in [0.4, 0.5) is 10.1 Å². The summed E-state index contributed by atoms with van der Waals surface area (Å²) in [6, 6.07) is 8.11. The van der Waals surface area contributed by atoms with Gasteiger partial charge in [0.1, 0.15) is 17.4 Å². The summed E-state index contributed by atoms with van der Waals surface area (Å²) in [7, 11) is 0. The Morgan fingerprint density at radius 1 is 1.25 bits per heavy atom. The Kier molecular flexibility index (Phi) is 5.89. The number of aromatic nitrogens is 3. The number of amides is 2. The Balaban J connectivity index is 1.66. The van der Waals surface area contributed by atoms with Crippen LogP contribution in [0.15, 0.2) is 36.4 Å². The second-order valence-electron chi connectivity index (χ2n) is 6.33. The van der Waals surface area contributed by atoms with Crippen molar-refractivity contribution >= 4 is 40.1 Å². The molecule has 1 aromatic heterocycles. The van der Waals surface area contributed by atoms with Crippen LogP contribution in [-0.4, -0.2) is 32.9 Å². The van der Waals surface area contributed by atoms with Crippen molar-refractivity contribution in [3.63, 3.8) is 0 Å². The Bertz CT molecular complexity index is 1040. The molecule has 0 aliphatic heterocycles. The molecule has 0 fully saturated rings. The summed E-state index contributed by atoms with van der Waals surface area (Å²) in [6.45, 7) is 4.34. The fourth-order valence-corrected chi connectivity index (χ4v) is 2.84. The molecule has 0 spiro atoms.